The normalized spacial score (nSPS) is 17.6. The molecule has 170 valence electrons. The lowest BCUT2D eigenvalue weighted by atomic mass is 9.98. The summed E-state index contributed by atoms with van der Waals surface area (Å²) < 4.78 is 19.3. The topological polar surface area (TPSA) is 75.9 Å². The van der Waals surface area contributed by atoms with Gasteiger partial charge >= 0.3 is 6.09 Å². The Labute approximate surface area is 192 Å². The number of carbonyl (C=O) groups is 2. The zero-order valence-electron chi connectivity index (χ0n) is 18.8. The number of rotatable bonds is 2. The third-order valence-corrected chi connectivity index (χ3v) is 5.83. The van der Waals surface area contributed by atoms with E-state index < -0.39 is 11.9 Å². The number of amides is 2. The standard InChI is InChI=1S/C26H26FN3O3/c1-16-9-11-20(27)14-25(16)33-26(32)29-15-17(2)30(18(3)31)23-12-10-19(13-24(23)29)21-7-5-4-6-8-22(21)28/h4-7,9-14,17H,8,15,28H2,1-3H3/t17-/m0/s1. The molecule has 0 fully saturated rings. The second-order valence-corrected chi connectivity index (χ2v) is 8.26. The highest BCUT2D eigenvalue weighted by Crippen LogP contribution is 2.39. The van der Waals surface area contributed by atoms with Crippen LogP contribution >= 0.6 is 0 Å². The molecule has 2 amide bonds. The molecular formula is C26H26FN3O3. The number of nitrogens with zero attached hydrogens (tertiary/aromatic N) is 2. The van der Waals surface area contributed by atoms with E-state index in [0.29, 0.717) is 29.1 Å². The third kappa shape index (κ3) is 4.39. The maximum atomic E-state index is 13.7. The van der Waals surface area contributed by atoms with Crippen molar-refractivity contribution >= 4 is 28.9 Å². The summed E-state index contributed by atoms with van der Waals surface area (Å²) in [5, 5.41) is 0. The summed E-state index contributed by atoms with van der Waals surface area (Å²) in [6.07, 6.45) is 7.71. The lowest BCUT2D eigenvalue weighted by Gasteiger charge is -2.40. The van der Waals surface area contributed by atoms with E-state index >= 15 is 0 Å². The molecule has 1 aliphatic carbocycles. The SMILES string of the molecule is CC(=O)N1c2ccc(C3=C(N)CC=CC=C3)cc2N(C(=O)Oc2cc(F)ccc2C)C[C@@H]1C. The Hall–Kier alpha value is -3.87. The van der Waals surface area contributed by atoms with Gasteiger partial charge in [-0.2, -0.15) is 0 Å². The van der Waals surface area contributed by atoms with E-state index in [0.717, 1.165) is 11.1 Å². The van der Waals surface area contributed by atoms with E-state index in [1.165, 1.54) is 24.0 Å². The summed E-state index contributed by atoms with van der Waals surface area (Å²) in [7, 11) is 0. The average Bonchev–Trinajstić information content (AvgIpc) is 2.99. The Morgan fingerprint density at radius 3 is 2.67 bits per heavy atom. The van der Waals surface area contributed by atoms with Crippen LogP contribution in [0.15, 0.2) is 66.4 Å². The van der Waals surface area contributed by atoms with E-state index in [1.807, 2.05) is 49.4 Å². The largest absolute Gasteiger partial charge is 0.419 e. The van der Waals surface area contributed by atoms with Gasteiger partial charge in [0.15, 0.2) is 0 Å². The summed E-state index contributed by atoms with van der Waals surface area (Å²) in [6, 6.07) is 9.35. The van der Waals surface area contributed by atoms with Crippen LogP contribution in [0.5, 0.6) is 5.75 Å². The van der Waals surface area contributed by atoms with Crippen molar-refractivity contribution in [1.29, 1.82) is 0 Å². The molecule has 0 saturated carbocycles. The van der Waals surface area contributed by atoms with Crippen molar-refractivity contribution in [3.8, 4) is 5.75 Å². The Kier molecular flexibility index (Phi) is 6.05. The molecule has 0 radical (unpaired) electrons. The molecule has 0 saturated heterocycles. The molecule has 0 unspecified atom stereocenters. The Morgan fingerprint density at radius 1 is 1.12 bits per heavy atom. The van der Waals surface area contributed by atoms with E-state index in [9.17, 15) is 14.0 Å². The van der Waals surface area contributed by atoms with Gasteiger partial charge in [-0.3, -0.25) is 9.69 Å². The first-order chi connectivity index (χ1) is 15.8. The van der Waals surface area contributed by atoms with Crippen LogP contribution in [-0.4, -0.2) is 24.6 Å². The van der Waals surface area contributed by atoms with Gasteiger partial charge in [-0.1, -0.05) is 36.4 Å². The van der Waals surface area contributed by atoms with Crippen molar-refractivity contribution in [1.82, 2.24) is 0 Å². The fourth-order valence-electron chi connectivity index (χ4n) is 4.20. The zero-order valence-corrected chi connectivity index (χ0v) is 18.8. The smallest absolute Gasteiger partial charge is 0.410 e. The van der Waals surface area contributed by atoms with Gasteiger partial charge in [-0.25, -0.2) is 9.18 Å². The molecule has 6 nitrogen and oxygen atoms in total. The highest BCUT2D eigenvalue weighted by atomic mass is 19.1. The van der Waals surface area contributed by atoms with Crippen LogP contribution in [0.2, 0.25) is 0 Å². The monoisotopic (exact) mass is 447 g/mol. The molecule has 2 aromatic rings. The highest BCUT2D eigenvalue weighted by Gasteiger charge is 2.35. The number of hydrogen-bond donors (Lipinski definition) is 1. The summed E-state index contributed by atoms with van der Waals surface area (Å²) >= 11 is 0. The quantitative estimate of drug-likeness (QED) is 0.697. The molecule has 1 heterocycles. The molecule has 0 spiro atoms. The second kappa shape index (κ2) is 8.94. The number of halogens is 1. The molecule has 2 N–H and O–H groups in total. The second-order valence-electron chi connectivity index (χ2n) is 8.26. The Morgan fingerprint density at radius 2 is 1.91 bits per heavy atom. The van der Waals surface area contributed by atoms with Crippen molar-refractivity contribution in [2.75, 3.05) is 16.3 Å². The van der Waals surface area contributed by atoms with E-state index in [4.69, 9.17) is 10.5 Å². The number of aryl methyl sites for hydroxylation is 1. The maximum absolute atomic E-state index is 13.7. The minimum atomic E-state index is -0.642. The maximum Gasteiger partial charge on any atom is 0.419 e. The van der Waals surface area contributed by atoms with Gasteiger partial charge in [0.25, 0.3) is 0 Å². The molecule has 0 bridgehead atoms. The number of benzene rings is 2. The van der Waals surface area contributed by atoms with Crippen LogP contribution < -0.4 is 20.3 Å². The van der Waals surface area contributed by atoms with E-state index in [2.05, 4.69) is 0 Å². The molecule has 0 aromatic heterocycles. The van der Waals surface area contributed by atoms with Crippen LogP contribution in [-0.2, 0) is 4.79 Å². The summed E-state index contributed by atoms with van der Waals surface area (Å²) in [5.41, 5.74) is 10.4. The molecule has 4 rings (SSSR count). The first-order valence-electron chi connectivity index (χ1n) is 10.8. The van der Waals surface area contributed by atoms with Crippen LogP contribution in [0, 0.1) is 12.7 Å². The Balaban J connectivity index is 1.78. The number of fused-ring (bicyclic) bond motifs is 1. The lowest BCUT2D eigenvalue weighted by molar-refractivity contribution is -0.117. The number of nitrogens with two attached hydrogens (primary N) is 1. The van der Waals surface area contributed by atoms with Crippen molar-refractivity contribution in [3.63, 3.8) is 0 Å². The fourth-order valence-corrected chi connectivity index (χ4v) is 4.20. The molecular weight excluding hydrogens is 421 g/mol. The molecule has 2 aromatic carbocycles. The molecule has 33 heavy (non-hydrogen) atoms. The van der Waals surface area contributed by atoms with Gasteiger partial charge in [-0.05, 0) is 43.2 Å². The molecule has 7 heteroatoms. The Bertz CT molecular complexity index is 1220. The lowest BCUT2D eigenvalue weighted by Crippen LogP contribution is -2.52. The first kappa shape index (κ1) is 22.3. The summed E-state index contributed by atoms with van der Waals surface area (Å²) in [4.78, 5) is 28.8. The van der Waals surface area contributed by atoms with E-state index in [1.54, 1.807) is 17.9 Å². The molecule has 1 atom stereocenters. The van der Waals surface area contributed by atoms with Crippen molar-refractivity contribution < 1.29 is 18.7 Å². The average molecular weight is 448 g/mol. The zero-order chi connectivity index (χ0) is 23.7. The summed E-state index contributed by atoms with van der Waals surface area (Å²) in [5.74, 6) is -0.455. The highest BCUT2D eigenvalue weighted by molar-refractivity contribution is 6.03. The number of hydrogen-bond acceptors (Lipinski definition) is 4. The molecule has 1 aliphatic heterocycles. The number of anilines is 2. The van der Waals surface area contributed by atoms with Crippen LogP contribution in [0.1, 0.15) is 31.4 Å². The third-order valence-electron chi connectivity index (χ3n) is 5.83. The van der Waals surface area contributed by atoms with Crippen LogP contribution in [0.25, 0.3) is 5.57 Å². The van der Waals surface area contributed by atoms with Gasteiger partial charge in [0.05, 0.1) is 17.4 Å². The van der Waals surface area contributed by atoms with Gasteiger partial charge in [-0.15, -0.1) is 0 Å². The number of carbonyl (C=O) groups excluding carboxylic acids is 2. The van der Waals surface area contributed by atoms with Gasteiger partial charge in [0, 0.05) is 37.2 Å². The summed E-state index contributed by atoms with van der Waals surface area (Å²) in [6.45, 7) is 5.34. The van der Waals surface area contributed by atoms with Gasteiger partial charge in [0.1, 0.15) is 11.6 Å². The minimum Gasteiger partial charge on any atom is -0.410 e. The van der Waals surface area contributed by atoms with Gasteiger partial charge < -0.3 is 15.4 Å². The fraction of sp³-hybridized carbons (Fsp3) is 0.231. The number of ether oxygens (including phenoxy) is 1. The predicted molar refractivity (Wildman–Crippen MR) is 128 cm³/mol. The van der Waals surface area contributed by atoms with Gasteiger partial charge in [0.2, 0.25) is 5.91 Å². The minimum absolute atomic E-state index is 0.122. The van der Waals surface area contributed by atoms with Crippen LogP contribution in [0.4, 0.5) is 20.6 Å². The predicted octanol–water partition coefficient (Wildman–Crippen LogP) is 5.08. The van der Waals surface area contributed by atoms with Crippen molar-refractivity contribution in [2.24, 2.45) is 5.73 Å². The molecule has 2 aliphatic rings. The van der Waals surface area contributed by atoms with E-state index in [-0.39, 0.29) is 24.2 Å². The number of allylic oxidation sites excluding steroid dienone is 5. The van der Waals surface area contributed by atoms with Crippen LogP contribution in [0.3, 0.4) is 0 Å². The first-order valence-corrected chi connectivity index (χ1v) is 10.8. The van der Waals surface area contributed by atoms with Crippen molar-refractivity contribution in [3.05, 3.63) is 83.3 Å². The van der Waals surface area contributed by atoms with Crippen molar-refractivity contribution in [2.45, 2.75) is 33.2 Å².